The van der Waals surface area contributed by atoms with Crippen LogP contribution in [0.2, 0.25) is 0 Å². The first-order valence-corrected chi connectivity index (χ1v) is 15.8. The summed E-state index contributed by atoms with van der Waals surface area (Å²) < 4.78 is 1.11. The van der Waals surface area contributed by atoms with Crippen molar-refractivity contribution in [3.63, 3.8) is 0 Å². The predicted molar refractivity (Wildman–Crippen MR) is 167 cm³/mol. The number of anilines is 1. The zero-order valence-corrected chi connectivity index (χ0v) is 25.4. The van der Waals surface area contributed by atoms with Gasteiger partial charge < -0.3 is 16.0 Å². The number of carbonyl (C=O) groups excluding carboxylic acids is 4. The van der Waals surface area contributed by atoms with Gasteiger partial charge in [0.2, 0.25) is 23.6 Å². The van der Waals surface area contributed by atoms with Gasteiger partial charge in [-0.1, -0.05) is 61.9 Å². The number of carbonyl (C=O) groups is 4. The van der Waals surface area contributed by atoms with Gasteiger partial charge in [-0.3, -0.25) is 29.2 Å². The Bertz CT molecular complexity index is 1700. The van der Waals surface area contributed by atoms with E-state index in [0.29, 0.717) is 31.4 Å². The SMILES string of the molecule is CC[C@H](C)[C@H](NC(=O)Cc1csc2ccccc12)C(=O)N[C@H]1CCc2cccc3c2N(C1=O)[C@H](C(=O)NCc1c[nH]nn1)C3. The Morgan fingerprint density at radius 2 is 1.95 bits per heavy atom. The predicted octanol–water partition coefficient (Wildman–Crippen LogP) is 2.80. The van der Waals surface area contributed by atoms with Crippen LogP contribution in [0.25, 0.3) is 10.1 Å². The summed E-state index contributed by atoms with van der Waals surface area (Å²) in [4.78, 5) is 56.0. The number of amides is 4. The van der Waals surface area contributed by atoms with Crippen molar-refractivity contribution in [1.29, 1.82) is 0 Å². The Kier molecular flexibility index (Phi) is 8.42. The van der Waals surface area contributed by atoms with Crippen molar-refractivity contribution >= 4 is 50.7 Å². The van der Waals surface area contributed by atoms with Crippen LogP contribution in [0, 0.1) is 5.92 Å². The number of benzene rings is 2. The second kappa shape index (κ2) is 12.6. The van der Waals surface area contributed by atoms with Crippen LogP contribution in [0.4, 0.5) is 5.69 Å². The summed E-state index contributed by atoms with van der Waals surface area (Å²) in [7, 11) is 0. The zero-order chi connectivity index (χ0) is 30.8. The third kappa shape index (κ3) is 5.81. The molecule has 4 N–H and O–H groups in total. The number of aryl methyl sites for hydroxylation is 1. The second-order valence-electron chi connectivity index (χ2n) is 11.5. The fourth-order valence-electron chi connectivity index (χ4n) is 6.11. The highest BCUT2D eigenvalue weighted by Gasteiger charge is 2.44. The lowest BCUT2D eigenvalue weighted by atomic mass is 9.96. The van der Waals surface area contributed by atoms with Crippen molar-refractivity contribution in [2.24, 2.45) is 5.92 Å². The lowest BCUT2D eigenvalue weighted by molar-refractivity contribution is -0.133. The van der Waals surface area contributed by atoms with E-state index in [1.54, 1.807) is 22.4 Å². The number of hydrogen-bond donors (Lipinski definition) is 4. The molecule has 2 aromatic heterocycles. The largest absolute Gasteiger partial charge is 0.348 e. The number of nitrogens with zero attached hydrogens (tertiary/aromatic N) is 3. The minimum absolute atomic E-state index is 0.156. The van der Waals surface area contributed by atoms with Gasteiger partial charge in [0.05, 0.1) is 18.7 Å². The highest BCUT2D eigenvalue weighted by Crippen LogP contribution is 2.39. The van der Waals surface area contributed by atoms with Crippen LogP contribution in [0.15, 0.2) is 54.0 Å². The molecule has 4 amide bonds. The van der Waals surface area contributed by atoms with Crippen molar-refractivity contribution in [1.82, 2.24) is 31.4 Å². The number of rotatable bonds is 10. The smallest absolute Gasteiger partial charge is 0.250 e. The van der Waals surface area contributed by atoms with Crippen molar-refractivity contribution in [3.8, 4) is 0 Å². The molecule has 6 rings (SSSR count). The number of hydrogen-bond acceptors (Lipinski definition) is 7. The first-order valence-electron chi connectivity index (χ1n) is 15.0. The highest BCUT2D eigenvalue weighted by atomic mass is 32.1. The summed E-state index contributed by atoms with van der Waals surface area (Å²) in [5.74, 6) is -1.45. The number of fused-ring (bicyclic) bond motifs is 1. The van der Waals surface area contributed by atoms with Crippen LogP contribution >= 0.6 is 11.3 Å². The number of para-hydroxylation sites is 1. The summed E-state index contributed by atoms with van der Waals surface area (Å²) in [6.07, 6.45) is 3.74. The second-order valence-corrected chi connectivity index (χ2v) is 12.4. The van der Waals surface area contributed by atoms with E-state index in [1.807, 2.05) is 61.7 Å². The fraction of sp³-hybridized carbons (Fsp3) is 0.375. The quantitative estimate of drug-likeness (QED) is 0.216. The first kappa shape index (κ1) is 29.5. The molecule has 4 atom stereocenters. The van der Waals surface area contributed by atoms with Gasteiger partial charge in [0, 0.05) is 17.3 Å². The Morgan fingerprint density at radius 3 is 2.75 bits per heavy atom. The lowest BCUT2D eigenvalue weighted by Crippen LogP contribution is -2.58. The van der Waals surface area contributed by atoms with Crippen LogP contribution in [-0.2, 0) is 45.0 Å². The van der Waals surface area contributed by atoms with Crippen LogP contribution in [0.5, 0.6) is 0 Å². The summed E-state index contributed by atoms with van der Waals surface area (Å²) in [5.41, 5.74) is 4.14. The van der Waals surface area contributed by atoms with E-state index in [4.69, 9.17) is 0 Å². The van der Waals surface area contributed by atoms with Crippen LogP contribution in [0.3, 0.4) is 0 Å². The van der Waals surface area contributed by atoms with Crippen LogP contribution < -0.4 is 20.9 Å². The van der Waals surface area contributed by atoms with Crippen molar-refractivity contribution < 1.29 is 19.2 Å². The Balaban J connectivity index is 1.18. The van der Waals surface area contributed by atoms with Gasteiger partial charge in [0.15, 0.2) is 0 Å². The minimum Gasteiger partial charge on any atom is -0.348 e. The molecule has 228 valence electrons. The maximum atomic E-state index is 14.1. The summed E-state index contributed by atoms with van der Waals surface area (Å²) >= 11 is 1.59. The zero-order valence-electron chi connectivity index (χ0n) is 24.6. The van der Waals surface area contributed by atoms with Crippen molar-refractivity contribution in [3.05, 3.63) is 76.4 Å². The van der Waals surface area contributed by atoms with E-state index in [-0.39, 0.29) is 36.6 Å². The Hall–Kier alpha value is -4.58. The molecule has 0 saturated carbocycles. The molecule has 0 unspecified atom stereocenters. The van der Waals surface area contributed by atoms with Gasteiger partial charge in [-0.2, -0.15) is 0 Å². The number of aromatic amines is 1. The van der Waals surface area contributed by atoms with E-state index in [0.717, 1.165) is 32.5 Å². The molecule has 0 aliphatic carbocycles. The van der Waals surface area contributed by atoms with E-state index >= 15 is 0 Å². The summed E-state index contributed by atoms with van der Waals surface area (Å²) in [6.45, 7) is 4.05. The van der Waals surface area contributed by atoms with Crippen LogP contribution in [-0.4, -0.2) is 57.2 Å². The number of thiophene rings is 1. The van der Waals surface area contributed by atoms with Gasteiger partial charge in [-0.05, 0) is 52.3 Å². The van der Waals surface area contributed by atoms with Crippen molar-refractivity contribution in [2.75, 3.05) is 4.90 Å². The van der Waals surface area contributed by atoms with Gasteiger partial charge in [-0.15, -0.1) is 16.4 Å². The third-order valence-electron chi connectivity index (χ3n) is 8.66. The topological polar surface area (TPSA) is 149 Å². The molecular weight excluding hydrogens is 578 g/mol. The molecule has 11 nitrogen and oxygen atoms in total. The summed E-state index contributed by atoms with van der Waals surface area (Å²) in [6, 6.07) is 11.4. The van der Waals surface area contributed by atoms with E-state index in [1.165, 1.54) is 0 Å². The minimum atomic E-state index is -0.851. The number of H-pyrrole nitrogens is 1. The Morgan fingerprint density at radius 1 is 1.14 bits per heavy atom. The molecule has 12 heteroatoms. The average molecular weight is 614 g/mol. The molecule has 4 aromatic rings. The molecule has 44 heavy (non-hydrogen) atoms. The molecule has 2 aliphatic heterocycles. The monoisotopic (exact) mass is 613 g/mol. The molecule has 0 bridgehead atoms. The number of nitrogens with one attached hydrogen (secondary N) is 4. The molecule has 0 radical (unpaired) electrons. The first-order chi connectivity index (χ1) is 21.3. The average Bonchev–Trinajstić information content (AvgIpc) is 3.77. The molecular formula is C32H35N7O4S. The van der Waals surface area contributed by atoms with Gasteiger partial charge >= 0.3 is 0 Å². The Labute approximate surface area is 258 Å². The third-order valence-corrected chi connectivity index (χ3v) is 9.67. The van der Waals surface area contributed by atoms with Gasteiger partial charge in [0.1, 0.15) is 23.8 Å². The molecule has 2 aromatic carbocycles. The van der Waals surface area contributed by atoms with Gasteiger partial charge in [0.25, 0.3) is 0 Å². The van der Waals surface area contributed by atoms with E-state index in [9.17, 15) is 19.2 Å². The standard InChI is InChI=1S/C32H35N7O4S/c1-3-18(2)28(36-27(40)14-21-17-44-26-10-5-4-9-23(21)26)31(42)35-24-12-11-19-7-6-8-20-13-25(39(29(19)20)32(24)43)30(41)33-15-22-16-34-38-37-22/h4-10,16-18,24-25,28H,3,11-15H2,1-2H3,(H,33,41)(H,35,42)(H,36,40)(H,34,37,38)/t18-,24-,25-,28-/m0/s1. The van der Waals surface area contributed by atoms with Crippen molar-refractivity contribution in [2.45, 2.75) is 70.6 Å². The van der Waals surface area contributed by atoms with Crippen LogP contribution in [0.1, 0.15) is 49.1 Å². The maximum Gasteiger partial charge on any atom is 0.250 e. The highest BCUT2D eigenvalue weighted by molar-refractivity contribution is 7.17. The summed E-state index contributed by atoms with van der Waals surface area (Å²) in [5, 5.41) is 22.0. The normalized spacial score (nSPS) is 18.8. The fourth-order valence-corrected chi connectivity index (χ4v) is 7.08. The van der Waals surface area contributed by atoms with E-state index < -0.39 is 24.0 Å². The number of aromatic nitrogens is 3. The van der Waals surface area contributed by atoms with E-state index in [2.05, 4.69) is 31.4 Å². The maximum absolute atomic E-state index is 14.1. The molecule has 0 saturated heterocycles. The molecule has 2 aliphatic rings. The molecule has 4 heterocycles. The molecule has 0 fully saturated rings. The van der Waals surface area contributed by atoms with Gasteiger partial charge in [-0.25, -0.2) is 0 Å². The lowest BCUT2D eigenvalue weighted by Gasteiger charge is -2.30. The molecule has 0 spiro atoms.